The van der Waals surface area contributed by atoms with Crippen LogP contribution in [0, 0.1) is 11.8 Å². The van der Waals surface area contributed by atoms with E-state index in [9.17, 15) is 4.79 Å². The molecule has 3 atom stereocenters. The molecular weight excluding hydrogens is 192 g/mol. The quantitative estimate of drug-likeness (QED) is 0.674. The van der Waals surface area contributed by atoms with Gasteiger partial charge in [-0.25, -0.2) is 0 Å². The number of hydrogen-bond donors (Lipinski definition) is 0. The van der Waals surface area contributed by atoms with Gasteiger partial charge in [0.25, 0.3) is 0 Å². The summed E-state index contributed by atoms with van der Waals surface area (Å²) in [5.41, 5.74) is 0. The van der Waals surface area contributed by atoms with Crippen LogP contribution in [0.4, 0.5) is 0 Å². The van der Waals surface area contributed by atoms with Crippen molar-refractivity contribution in [3.63, 3.8) is 0 Å². The highest BCUT2D eigenvalue weighted by Gasteiger charge is 2.25. The number of esters is 1. The number of ether oxygens (including phenoxy) is 2. The van der Waals surface area contributed by atoms with E-state index in [1.165, 1.54) is 0 Å². The molecule has 0 bridgehead atoms. The van der Waals surface area contributed by atoms with Crippen LogP contribution in [0.1, 0.15) is 40.0 Å². The topological polar surface area (TPSA) is 35.5 Å². The van der Waals surface area contributed by atoms with Gasteiger partial charge in [0.1, 0.15) is 6.10 Å². The molecule has 1 aliphatic heterocycles. The largest absolute Gasteiger partial charge is 0.462 e. The fraction of sp³-hybridized carbons (Fsp3) is 0.917. The van der Waals surface area contributed by atoms with Gasteiger partial charge >= 0.3 is 5.97 Å². The molecule has 1 heterocycles. The van der Waals surface area contributed by atoms with Crippen LogP contribution in [0.3, 0.4) is 0 Å². The number of rotatable bonds is 4. The van der Waals surface area contributed by atoms with E-state index in [1.54, 1.807) is 0 Å². The van der Waals surface area contributed by atoms with E-state index in [0.717, 1.165) is 12.8 Å². The Morgan fingerprint density at radius 1 is 1.60 bits per heavy atom. The van der Waals surface area contributed by atoms with Crippen molar-refractivity contribution < 1.29 is 14.3 Å². The highest BCUT2D eigenvalue weighted by molar-refractivity contribution is 5.69. The fourth-order valence-electron chi connectivity index (χ4n) is 1.68. The lowest BCUT2D eigenvalue weighted by Crippen LogP contribution is -2.34. The maximum Gasteiger partial charge on any atom is 0.306 e. The molecule has 88 valence electrons. The lowest BCUT2D eigenvalue weighted by atomic mass is 10.0. The van der Waals surface area contributed by atoms with Gasteiger partial charge in [0.05, 0.1) is 13.2 Å². The van der Waals surface area contributed by atoms with Gasteiger partial charge in [-0.05, 0) is 5.92 Å². The fourth-order valence-corrected chi connectivity index (χ4v) is 1.68. The summed E-state index contributed by atoms with van der Waals surface area (Å²) in [7, 11) is 0. The summed E-state index contributed by atoms with van der Waals surface area (Å²) >= 11 is 0. The predicted octanol–water partition coefficient (Wildman–Crippen LogP) is 2.39. The van der Waals surface area contributed by atoms with Gasteiger partial charge in [-0.1, -0.05) is 27.2 Å². The highest BCUT2D eigenvalue weighted by Crippen LogP contribution is 2.19. The van der Waals surface area contributed by atoms with Crippen molar-refractivity contribution >= 4 is 5.97 Å². The van der Waals surface area contributed by atoms with Crippen molar-refractivity contribution in [3.8, 4) is 0 Å². The molecule has 0 aromatic rings. The molecular formula is C12H22O3. The molecule has 15 heavy (non-hydrogen) atoms. The first-order valence-corrected chi connectivity index (χ1v) is 5.90. The molecule has 3 heteroatoms. The van der Waals surface area contributed by atoms with Crippen LogP contribution < -0.4 is 0 Å². The molecule has 0 radical (unpaired) electrons. The Morgan fingerprint density at radius 2 is 2.33 bits per heavy atom. The molecule has 1 fully saturated rings. The van der Waals surface area contributed by atoms with Crippen LogP contribution in [0.5, 0.6) is 0 Å². The molecule has 1 aliphatic rings. The Morgan fingerprint density at radius 3 is 2.93 bits per heavy atom. The summed E-state index contributed by atoms with van der Waals surface area (Å²) in [6.07, 6.45) is 2.47. The van der Waals surface area contributed by atoms with Gasteiger partial charge in [-0.15, -0.1) is 0 Å². The molecule has 0 aromatic heterocycles. The molecule has 1 saturated heterocycles. The van der Waals surface area contributed by atoms with Gasteiger partial charge < -0.3 is 9.47 Å². The van der Waals surface area contributed by atoms with Gasteiger partial charge in [0, 0.05) is 18.8 Å². The third kappa shape index (κ3) is 4.20. The summed E-state index contributed by atoms with van der Waals surface area (Å²) in [6.45, 7) is 7.66. The second-order valence-electron chi connectivity index (χ2n) is 4.59. The zero-order valence-electron chi connectivity index (χ0n) is 9.99. The van der Waals surface area contributed by atoms with Gasteiger partial charge in [-0.3, -0.25) is 4.79 Å². The summed E-state index contributed by atoms with van der Waals surface area (Å²) in [5.74, 6) is 0.704. The zero-order chi connectivity index (χ0) is 11.3. The maximum absolute atomic E-state index is 11.6. The van der Waals surface area contributed by atoms with Crippen molar-refractivity contribution in [1.82, 2.24) is 0 Å². The maximum atomic E-state index is 11.6. The van der Waals surface area contributed by atoms with Crippen molar-refractivity contribution in [2.45, 2.75) is 46.1 Å². The van der Waals surface area contributed by atoms with Crippen LogP contribution >= 0.6 is 0 Å². The molecule has 0 amide bonds. The van der Waals surface area contributed by atoms with E-state index < -0.39 is 0 Å². The van der Waals surface area contributed by atoms with Crippen LogP contribution in [0.2, 0.25) is 0 Å². The Kier molecular flexibility index (Phi) is 5.09. The smallest absolute Gasteiger partial charge is 0.306 e. The Bertz CT molecular complexity index is 203. The normalized spacial score (nSPS) is 28.5. The molecule has 0 unspecified atom stereocenters. The monoisotopic (exact) mass is 214 g/mol. The number of hydrogen-bond acceptors (Lipinski definition) is 3. The van der Waals surface area contributed by atoms with Crippen LogP contribution in [0.25, 0.3) is 0 Å². The zero-order valence-corrected chi connectivity index (χ0v) is 9.99. The summed E-state index contributed by atoms with van der Waals surface area (Å²) in [6, 6.07) is 0. The molecule has 0 aromatic carbocycles. The van der Waals surface area contributed by atoms with E-state index in [1.807, 2.05) is 0 Å². The minimum absolute atomic E-state index is 0.0527. The third-order valence-electron chi connectivity index (χ3n) is 3.06. The van der Waals surface area contributed by atoms with E-state index in [2.05, 4.69) is 20.8 Å². The second kappa shape index (κ2) is 6.11. The standard InChI is InChI=1S/C12H22O3/c1-4-9(2)7-12(13)15-11-5-6-14-8-10(11)3/h9-11H,4-8H2,1-3H3/t9-,10-,11+/m0/s1. The summed E-state index contributed by atoms with van der Waals surface area (Å²) < 4.78 is 10.8. The molecule has 1 rings (SSSR count). The first-order valence-electron chi connectivity index (χ1n) is 5.90. The van der Waals surface area contributed by atoms with Crippen molar-refractivity contribution in [1.29, 1.82) is 0 Å². The Labute approximate surface area is 92.1 Å². The van der Waals surface area contributed by atoms with E-state index >= 15 is 0 Å². The van der Waals surface area contributed by atoms with Crippen molar-refractivity contribution in [2.75, 3.05) is 13.2 Å². The molecule has 0 saturated carbocycles. The molecule has 0 spiro atoms. The number of carbonyl (C=O) groups is 1. The van der Waals surface area contributed by atoms with Crippen molar-refractivity contribution in [2.24, 2.45) is 11.8 Å². The lowest BCUT2D eigenvalue weighted by molar-refractivity contribution is -0.158. The first-order chi connectivity index (χ1) is 7.13. The van der Waals surface area contributed by atoms with E-state index in [-0.39, 0.29) is 12.1 Å². The van der Waals surface area contributed by atoms with Gasteiger partial charge in [0.15, 0.2) is 0 Å². The molecule has 0 N–H and O–H groups in total. The van der Waals surface area contributed by atoms with Crippen LogP contribution in [-0.2, 0) is 14.3 Å². The minimum Gasteiger partial charge on any atom is -0.462 e. The molecule has 0 aliphatic carbocycles. The molecule has 3 nitrogen and oxygen atoms in total. The average Bonchev–Trinajstić information content (AvgIpc) is 2.21. The minimum atomic E-state index is -0.0527. The summed E-state index contributed by atoms with van der Waals surface area (Å²) in [4.78, 5) is 11.6. The lowest BCUT2D eigenvalue weighted by Gasteiger charge is -2.28. The Balaban J connectivity index is 2.29. The second-order valence-corrected chi connectivity index (χ2v) is 4.59. The van der Waals surface area contributed by atoms with Gasteiger partial charge in [0.2, 0.25) is 0 Å². The summed E-state index contributed by atoms with van der Waals surface area (Å²) in [5, 5.41) is 0. The predicted molar refractivity (Wildman–Crippen MR) is 58.6 cm³/mol. The van der Waals surface area contributed by atoms with Gasteiger partial charge in [-0.2, -0.15) is 0 Å². The van der Waals surface area contributed by atoms with Crippen LogP contribution in [-0.4, -0.2) is 25.3 Å². The van der Waals surface area contributed by atoms with E-state index in [0.29, 0.717) is 31.5 Å². The Hall–Kier alpha value is -0.570. The number of carbonyl (C=O) groups excluding carboxylic acids is 1. The first kappa shape index (κ1) is 12.5. The highest BCUT2D eigenvalue weighted by atomic mass is 16.6. The van der Waals surface area contributed by atoms with Crippen molar-refractivity contribution in [3.05, 3.63) is 0 Å². The average molecular weight is 214 g/mol. The third-order valence-corrected chi connectivity index (χ3v) is 3.06. The van der Waals surface area contributed by atoms with Crippen LogP contribution in [0.15, 0.2) is 0 Å². The van der Waals surface area contributed by atoms with E-state index in [4.69, 9.17) is 9.47 Å². The SMILES string of the molecule is CC[C@H](C)CC(=O)O[C@@H]1CCOC[C@@H]1C.